The second-order valence-corrected chi connectivity index (χ2v) is 8.22. The third kappa shape index (κ3) is 2.09. The molecular formula is C18H21N3O2S. The maximum Gasteiger partial charge on any atom is 0.222 e. The molecule has 0 spiro atoms. The summed E-state index contributed by atoms with van der Waals surface area (Å²) in [5.41, 5.74) is 2.44. The van der Waals surface area contributed by atoms with E-state index in [1.165, 1.54) is 16.1 Å². The highest BCUT2D eigenvalue weighted by atomic mass is 32.1. The summed E-state index contributed by atoms with van der Waals surface area (Å²) in [5, 5.41) is 13.0. The van der Waals surface area contributed by atoms with Gasteiger partial charge in [0.05, 0.1) is 30.4 Å². The molecule has 3 aliphatic heterocycles. The second kappa shape index (κ2) is 5.43. The van der Waals surface area contributed by atoms with E-state index in [0.717, 1.165) is 32.2 Å². The van der Waals surface area contributed by atoms with Gasteiger partial charge >= 0.3 is 0 Å². The Kier molecular flexibility index (Phi) is 3.31. The van der Waals surface area contributed by atoms with E-state index in [-0.39, 0.29) is 12.1 Å². The largest absolute Gasteiger partial charge is 0.393 e. The zero-order valence-corrected chi connectivity index (χ0v) is 14.3. The molecule has 0 radical (unpaired) electrons. The number of carbonyl (C=O) groups excluding carboxylic acids is 1. The van der Waals surface area contributed by atoms with Crippen molar-refractivity contribution in [1.29, 1.82) is 0 Å². The van der Waals surface area contributed by atoms with Crippen LogP contribution in [0.2, 0.25) is 0 Å². The van der Waals surface area contributed by atoms with Gasteiger partial charge in [-0.15, -0.1) is 11.3 Å². The smallest absolute Gasteiger partial charge is 0.222 e. The molecule has 1 N–H and O–H groups in total. The zero-order valence-electron chi connectivity index (χ0n) is 13.5. The van der Waals surface area contributed by atoms with Crippen molar-refractivity contribution in [3.05, 3.63) is 28.8 Å². The maximum absolute atomic E-state index is 11.8. The number of rotatable bonds is 3. The van der Waals surface area contributed by atoms with Gasteiger partial charge < -0.3 is 14.6 Å². The number of hydrogen-bond acceptors (Lipinski definition) is 4. The number of carbonyl (C=O) groups is 1. The van der Waals surface area contributed by atoms with Gasteiger partial charge in [0.1, 0.15) is 0 Å². The fourth-order valence-electron chi connectivity index (χ4n) is 4.79. The van der Waals surface area contributed by atoms with E-state index in [2.05, 4.69) is 21.0 Å². The average Bonchev–Trinajstić information content (AvgIpc) is 3.33. The zero-order chi connectivity index (χ0) is 16.3. The van der Waals surface area contributed by atoms with Crippen molar-refractivity contribution in [1.82, 2.24) is 14.5 Å². The van der Waals surface area contributed by atoms with E-state index in [4.69, 9.17) is 0 Å². The predicted molar refractivity (Wildman–Crippen MR) is 91.8 cm³/mol. The summed E-state index contributed by atoms with van der Waals surface area (Å²) in [5.74, 6) is 0.600. The van der Waals surface area contributed by atoms with E-state index in [9.17, 15) is 9.90 Å². The third-order valence-electron chi connectivity index (χ3n) is 6.05. The predicted octanol–water partition coefficient (Wildman–Crippen LogP) is 2.67. The molecule has 2 saturated heterocycles. The normalized spacial score (nSPS) is 29.5. The highest BCUT2D eigenvalue weighted by Crippen LogP contribution is 2.45. The summed E-state index contributed by atoms with van der Waals surface area (Å²) in [4.78, 5) is 19.5. The van der Waals surface area contributed by atoms with Crippen LogP contribution in [0.3, 0.4) is 0 Å². The Morgan fingerprint density at radius 3 is 3.25 bits per heavy atom. The number of hydrogen-bond donors (Lipinski definition) is 1. The van der Waals surface area contributed by atoms with E-state index in [1.807, 2.05) is 17.4 Å². The van der Waals surface area contributed by atoms with Crippen molar-refractivity contribution in [2.45, 2.75) is 50.3 Å². The molecule has 0 saturated carbocycles. The Labute approximate surface area is 144 Å². The summed E-state index contributed by atoms with van der Waals surface area (Å²) >= 11 is 1.77. The second-order valence-electron chi connectivity index (χ2n) is 7.27. The van der Waals surface area contributed by atoms with Crippen LogP contribution < -0.4 is 0 Å². The van der Waals surface area contributed by atoms with E-state index >= 15 is 0 Å². The topological polar surface area (TPSA) is 58.4 Å². The van der Waals surface area contributed by atoms with Gasteiger partial charge in [-0.25, -0.2) is 4.98 Å². The van der Waals surface area contributed by atoms with Gasteiger partial charge in [0, 0.05) is 29.4 Å². The minimum absolute atomic E-state index is 0.204. The highest BCUT2D eigenvalue weighted by molar-refractivity contribution is 7.10. The number of aromatic nitrogens is 2. The highest BCUT2D eigenvalue weighted by Gasteiger charge is 2.40. The number of fused-ring (bicyclic) bond motifs is 4. The molecule has 1 amide bonds. The van der Waals surface area contributed by atoms with Crippen molar-refractivity contribution in [2.24, 2.45) is 5.92 Å². The molecule has 126 valence electrons. The SMILES string of the molecule is O=C1CC[C@@H]2C[C@@H]([C@@H](O)C[C@H]3c4sccc4-c4cncn43)CCN12. The number of amides is 1. The van der Waals surface area contributed by atoms with Crippen molar-refractivity contribution >= 4 is 17.2 Å². The first-order chi connectivity index (χ1) is 11.7. The molecule has 2 aromatic rings. The van der Waals surface area contributed by atoms with Crippen molar-refractivity contribution in [2.75, 3.05) is 6.54 Å². The van der Waals surface area contributed by atoms with Crippen molar-refractivity contribution in [3.63, 3.8) is 0 Å². The number of imidazole rings is 1. The molecule has 0 aromatic carbocycles. The van der Waals surface area contributed by atoms with E-state index in [0.29, 0.717) is 24.3 Å². The fourth-order valence-corrected chi connectivity index (χ4v) is 5.80. The number of aliphatic hydroxyl groups excluding tert-OH is 1. The number of nitrogens with zero attached hydrogens (tertiary/aromatic N) is 3. The van der Waals surface area contributed by atoms with Crippen LogP contribution in [0.4, 0.5) is 0 Å². The lowest BCUT2D eigenvalue weighted by molar-refractivity contribution is -0.131. The van der Waals surface area contributed by atoms with Gasteiger partial charge in [-0.3, -0.25) is 4.79 Å². The summed E-state index contributed by atoms with van der Waals surface area (Å²) in [6, 6.07) is 2.72. The minimum atomic E-state index is -0.323. The maximum atomic E-state index is 11.8. The lowest BCUT2D eigenvalue weighted by Crippen LogP contribution is -2.43. The number of piperidine rings is 1. The Morgan fingerprint density at radius 1 is 1.42 bits per heavy atom. The summed E-state index contributed by atoms with van der Waals surface area (Å²) in [6.45, 7) is 0.816. The molecule has 4 atom stereocenters. The molecular weight excluding hydrogens is 322 g/mol. The molecule has 0 bridgehead atoms. The Bertz CT molecular complexity index is 743. The average molecular weight is 343 g/mol. The van der Waals surface area contributed by atoms with Crippen LogP contribution in [0, 0.1) is 5.92 Å². The molecule has 6 heteroatoms. The molecule has 2 aromatic heterocycles. The summed E-state index contributed by atoms with van der Waals surface area (Å²) < 4.78 is 2.21. The Morgan fingerprint density at radius 2 is 2.33 bits per heavy atom. The van der Waals surface area contributed by atoms with Crippen molar-refractivity contribution in [3.8, 4) is 11.3 Å². The summed E-state index contributed by atoms with van der Waals surface area (Å²) in [7, 11) is 0. The van der Waals surface area contributed by atoms with Crippen LogP contribution in [-0.2, 0) is 4.79 Å². The first-order valence-electron chi connectivity index (χ1n) is 8.79. The summed E-state index contributed by atoms with van der Waals surface area (Å²) in [6.07, 6.45) is 7.74. The fraction of sp³-hybridized carbons (Fsp3) is 0.556. The number of thiophene rings is 1. The van der Waals surface area contributed by atoms with E-state index < -0.39 is 0 Å². The van der Waals surface area contributed by atoms with Crippen LogP contribution in [0.15, 0.2) is 24.0 Å². The molecule has 5 heterocycles. The van der Waals surface area contributed by atoms with Gasteiger partial charge in [-0.05, 0) is 43.0 Å². The van der Waals surface area contributed by atoms with Gasteiger partial charge in [0.2, 0.25) is 5.91 Å². The molecule has 5 nitrogen and oxygen atoms in total. The molecule has 24 heavy (non-hydrogen) atoms. The quantitative estimate of drug-likeness (QED) is 0.932. The molecule has 2 fully saturated rings. The van der Waals surface area contributed by atoms with Gasteiger partial charge in [-0.1, -0.05) is 0 Å². The minimum Gasteiger partial charge on any atom is -0.393 e. The van der Waals surface area contributed by atoms with Crippen LogP contribution in [0.5, 0.6) is 0 Å². The molecule has 3 aliphatic rings. The Hall–Kier alpha value is -1.66. The van der Waals surface area contributed by atoms with Gasteiger partial charge in [0.25, 0.3) is 0 Å². The monoisotopic (exact) mass is 343 g/mol. The van der Waals surface area contributed by atoms with Crippen LogP contribution in [0.25, 0.3) is 11.3 Å². The molecule has 0 unspecified atom stereocenters. The molecule has 5 rings (SSSR count). The Balaban J connectivity index is 1.33. The van der Waals surface area contributed by atoms with Crippen molar-refractivity contribution < 1.29 is 9.90 Å². The first-order valence-corrected chi connectivity index (χ1v) is 9.67. The van der Waals surface area contributed by atoms with Crippen LogP contribution in [-0.4, -0.2) is 44.2 Å². The van der Waals surface area contributed by atoms with Gasteiger partial charge in [-0.2, -0.15) is 0 Å². The first kappa shape index (κ1) is 14.7. The van der Waals surface area contributed by atoms with E-state index in [1.54, 1.807) is 11.3 Å². The lowest BCUT2D eigenvalue weighted by atomic mass is 9.84. The van der Waals surface area contributed by atoms with Crippen LogP contribution in [0.1, 0.15) is 43.0 Å². The van der Waals surface area contributed by atoms with Crippen LogP contribution >= 0.6 is 11.3 Å². The third-order valence-corrected chi connectivity index (χ3v) is 7.07. The van der Waals surface area contributed by atoms with Gasteiger partial charge in [0.15, 0.2) is 0 Å². The lowest BCUT2D eigenvalue weighted by Gasteiger charge is -2.37. The number of aliphatic hydroxyl groups is 1. The molecule has 0 aliphatic carbocycles. The standard InChI is InChI=1S/C18H21N3O2S/c22-16(11-3-5-20-12(7-11)1-2-17(20)23)8-14-18-13(4-6-24-18)15-9-19-10-21(14)15/h4,6,9-12,14,16,22H,1-3,5,7-8H2/t11-,12+,14-,16-/m0/s1.